The predicted octanol–water partition coefficient (Wildman–Crippen LogP) is 2.91. The molecule has 2 aromatic heterocycles. The van der Waals surface area contributed by atoms with Crippen LogP contribution in [0, 0.1) is 5.82 Å². The summed E-state index contributed by atoms with van der Waals surface area (Å²) in [5.74, 6) is -0.323. The number of hydrogen-bond donors (Lipinski definition) is 1. The van der Waals surface area contributed by atoms with E-state index in [0.29, 0.717) is 5.65 Å². The maximum Gasteiger partial charge on any atom is 0.242 e. The highest BCUT2D eigenvalue weighted by Gasteiger charge is 2.30. The van der Waals surface area contributed by atoms with E-state index < -0.39 is 0 Å². The molecule has 1 fully saturated rings. The first kappa shape index (κ1) is 18.8. The first-order valence-corrected chi connectivity index (χ1v) is 8.94. The number of rotatable bonds is 5. The van der Waals surface area contributed by atoms with Crippen LogP contribution >= 0.6 is 0 Å². The SMILES string of the molecule is C=C(/C=C(/C)N=C(C)c1cnc2ccc(F)cn12)N1CCCC1C(=O)NC. The highest BCUT2D eigenvalue weighted by molar-refractivity contribution is 5.98. The number of likely N-dealkylation sites (tertiary alicyclic amines) is 1. The molecule has 6 nitrogen and oxygen atoms in total. The summed E-state index contributed by atoms with van der Waals surface area (Å²) >= 11 is 0. The highest BCUT2D eigenvalue weighted by atomic mass is 19.1. The number of halogens is 1. The summed E-state index contributed by atoms with van der Waals surface area (Å²) in [6.45, 7) is 8.65. The Balaban J connectivity index is 1.82. The Morgan fingerprint density at radius 2 is 2.22 bits per heavy atom. The number of pyridine rings is 1. The van der Waals surface area contributed by atoms with Crippen LogP contribution in [-0.2, 0) is 4.79 Å². The summed E-state index contributed by atoms with van der Waals surface area (Å²) in [4.78, 5) is 22.9. The number of nitrogens with one attached hydrogen (secondary N) is 1. The Hall–Kier alpha value is -2.96. The second kappa shape index (κ2) is 7.73. The van der Waals surface area contributed by atoms with Crippen molar-refractivity contribution in [3.05, 3.63) is 60.1 Å². The molecular weight excluding hydrogens is 345 g/mol. The third kappa shape index (κ3) is 3.92. The number of hydrogen-bond acceptors (Lipinski definition) is 4. The molecule has 1 saturated heterocycles. The molecule has 2 aromatic rings. The van der Waals surface area contributed by atoms with Gasteiger partial charge in [0.05, 0.1) is 17.6 Å². The molecule has 1 atom stereocenters. The van der Waals surface area contributed by atoms with Crippen LogP contribution in [0.1, 0.15) is 32.4 Å². The van der Waals surface area contributed by atoms with Crippen LogP contribution in [-0.4, -0.2) is 45.5 Å². The molecule has 1 aliphatic rings. The number of carbonyl (C=O) groups is 1. The standard InChI is InChI=1S/C20H24FN5O/c1-13(10-14(2)25-9-5-6-17(25)20(27)22-4)24-15(3)18-11-23-19-8-7-16(21)12-26(18)19/h7-8,10-12,17H,2,5-6,9H2,1,3-4H3,(H,22,27)/b13-10-,24-15?. The normalized spacial score (nSPS) is 18.2. The summed E-state index contributed by atoms with van der Waals surface area (Å²) in [6, 6.07) is 2.83. The molecule has 7 heteroatoms. The number of carbonyl (C=O) groups excluding carboxylic acids is 1. The van der Waals surface area contributed by atoms with Crippen LogP contribution in [0.2, 0.25) is 0 Å². The van der Waals surface area contributed by atoms with E-state index >= 15 is 0 Å². The van der Waals surface area contributed by atoms with Gasteiger partial charge in [-0.15, -0.1) is 0 Å². The van der Waals surface area contributed by atoms with Gasteiger partial charge in [0.2, 0.25) is 5.91 Å². The van der Waals surface area contributed by atoms with Crippen molar-refractivity contribution in [1.29, 1.82) is 0 Å². The number of nitrogens with zero attached hydrogens (tertiary/aromatic N) is 4. The van der Waals surface area contributed by atoms with Gasteiger partial charge in [0.1, 0.15) is 17.5 Å². The summed E-state index contributed by atoms with van der Waals surface area (Å²) in [6.07, 6.45) is 6.72. The van der Waals surface area contributed by atoms with E-state index in [1.54, 1.807) is 23.7 Å². The van der Waals surface area contributed by atoms with E-state index in [1.807, 2.05) is 24.8 Å². The van der Waals surface area contributed by atoms with Gasteiger partial charge in [-0.05, 0) is 44.9 Å². The molecule has 3 heterocycles. The molecule has 1 aliphatic heterocycles. The molecule has 0 spiro atoms. The van der Waals surface area contributed by atoms with Crippen LogP contribution in [0.25, 0.3) is 5.65 Å². The van der Waals surface area contributed by atoms with E-state index in [-0.39, 0.29) is 17.8 Å². The van der Waals surface area contributed by atoms with E-state index in [9.17, 15) is 9.18 Å². The van der Waals surface area contributed by atoms with Crippen molar-refractivity contribution in [3.8, 4) is 0 Å². The van der Waals surface area contributed by atoms with E-state index in [4.69, 9.17) is 0 Å². The predicted molar refractivity (Wildman–Crippen MR) is 104 cm³/mol. The van der Waals surface area contributed by atoms with Gasteiger partial charge in [-0.2, -0.15) is 0 Å². The fourth-order valence-corrected chi connectivity index (χ4v) is 3.45. The van der Waals surface area contributed by atoms with Gasteiger partial charge < -0.3 is 10.2 Å². The quantitative estimate of drug-likeness (QED) is 0.651. The van der Waals surface area contributed by atoms with Crippen LogP contribution in [0.5, 0.6) is 0 Å². The molecule has 1 N–H and O–H groups in total. The molecule has 0 aliphatic carbocycles. The average Bonchev–Trinajstić information content (AvgIpc) is 3.27. The zero-order chi connectivity index (χ0) is 19.6. The van der Waals surface area contributed by atoms with Crippen LogP contribution in [0.3, 0.4) is 0 Å². The Morgan fingerprint density at radius 3 is 2.96 bits per heavy atom. The summed E-state index contributed by atoms with van der Waals surface area (Å²) < 4.78 is 15.2. The van der Waals surface area contributed by atoms with Crippen molar-refractivity contribution in [2.45, 2.75) is 32.7 Å². The minimum atomic E-state index is -0.329. The highest BCUT2D eigenvalue weighted by Crippen LogP contribution is 2.23. The second-order valence-corrected chi connectivity index (χ2v) is 6.66. The summed E-state index contributed by atoms with van der Waals surface area (Å²) in [5.41, 5.74) is 3.63. The minimum absolute atomic E-state index is 0.00661. The van der Waals surface area contributed by atoms with Gasteiger partial charge >= 0.3 is 0 Å². The van der Waals surface area contributed by atoms with Gasteiger partial charge in [0, 0.05) is 31.2 Å². The van der Waals surface area contributed by atoms with Gasteiger partial charge in [-0.25, -0.2) is 9.37 Å². The van der Waals surface area contributed by atoms with Crippen molar-refractivity contribution < 1.29 is 9.18 Å². The zero-order valence-corrected chi connectivity index (χ0v) is 15.9. The van der Waals surface area contributed by atoms with Crippen molar-refractivity contribution in [2.24, 2.45) is 4.99 Å². The summed E-state index contributed by atoms with van der Waals surface area (Å²) in [5, 5.41) is 2.71. The van der Waals surface area contributed by atoms with E-state index in [0.717, 1.165) is 42.2 Å². The van der Waals surface area contributed by atoms with Crippen molar-refractivity contribution in [1.82, 2.24) is 19.6 Å². The smallest absolute Gasteiger partial charge is 0.242 e. The lowest BCUT2D eigenvalue weighted by molar-refractivity contribution is -0.124. The largest absolute Gasteiger partial charge is 0.360 e. The Labute approximate surface area is 158 Å². The number of aromatic nitrogens is 2. The van der Waals surface area contributed by atoms with Crippen molar-refractivity contribution >= 4 is 17.3 Å². The Kier molecular flexibility index (Phi) is 5.39. The second-order valence-electron chi connectivity index (χ2n) is 6.66. The molecule has 27 heavy (non-hydrogen) atoms. The molecule has 0 aromatic carbocycles. The number of fused-ring (bicyclic) bond motifs is 1. The van der Waals surface area contributed by atoms with Crippen LogP contribution in [0.15, 0.2) is 53.6 Å². The maximum atomic E-state index is 13.5. The Morgan fingerprint density at radius 1 is 1.44 bits per heavy atom. The summed E-state index contributed by atoms with van der Waals surface area (Å²) in [7, 11) is 1.65. The third-order valence-corrected chi connectivity index (χ3v) is 4.73. The minimum Gasteiger partial charge on any atom is -0.360 e. The topological polar surface area (TPSA) is 62.0 Å². The Bertz CT molecular complexity index is 943. The number of imidazole rings is 1. The van der Waals surface area contributed by atoms with Gasteiger partial charge in [0.15, 0.2) is 0 Å². The monoisotopic (exact) mass is 369 g/mol. The van der Waals surface area contributed by atoms with Gasteiger partial charge in [0.25, 0.3) is 0 Å². The third-order valence-electron chi connectivity index (χ3n) is 4.73. The van der Waals surface area contributed by atoms with E-state index in [2.05, 4.69) is 21.9 Å². The number of amides is 1. The molecule has 1 amide bonds. The first-order valence-electron chi connectivity index (χ1n) is 8.94. The van der Waals surface area contributed by atoms with Crippen molar-refractivity contribution in [3.63, 3.8) is 0 Å². The van der Waals surface area contributed by atoms with Crippen molar-refractivity contribution in [2.75, 3.05) is 13.6 Å². The number of likely N-dealkylation sites (N-methyl/N-ethyl adjacent to an activating group) is 1. The molecular formula is C20H24FN5O. The van der Waals surface area contributed by atoms with Gasteiger partial charge in [-0.1, -0.05) is 6.58 Å². The molecule has 0 saturated carbocycles. The molecule has 0 bridgehead atoms. The molecule has 3 rings (SSSR count). The zero-order valence-electron chi connectivity index (χ0n) is 15.9. The maximum absolute atomic E-state index is 13.5. The number of aliphatic imine (C=N–C) groups is 1. The average molecular weight is 369 g/mol. The van der Waals surface area contributed by atoms with Gasteiger partial charge in [-0.3, -0.25) is 14.2 Å². The lowest BCUT2D eigenvalue weighted by atomic mass is 10.2. The van der Waals surface area contributed by atoms with Crippen LogP contribution in [0.4, 0.5) is 4.39 Å². The van der Waals surface area contributed by atoms with Crippen LogP contribution < -0.4 is 5.32 Å². The molecule has 1 unspecified atom stereocenters. The molecule has 142 valence electrons. The van der Waals surface area contributed by atoms with E-state index in [1.165, 1.54) is 12.3 Å². The lowest BCUT2D eigenvalue weighted by Crippen LogP contribution is -2.40. The fraction of sp³-hybridized carbons (Fsp3) is 0.350. The first-order chi connectivity index (χ1) is 12.9. The lowest BCUT2D eigenvalue weighted by Gasteiger charge is -2.25. The fourth-order valence-electron chi connectivity index (χ4n) is 3.45. The number of allylic oxidation sites excluding steroid dienone is 2. The molecule has 0 radical (unpaired) electrons.